The highest BCUT2D eigenvalue weighted by atomic mass is 35.5. The van der Waals surface area contributed by atoms with Gasteiger partial charge in [-0.1, -0.05) is 23.7 Å². The monoisotopic (exact) mass is 319 g/mol. The Bertz CT molecular complexity index is 662. The summed E-state index contributed by atoms with van der Waals surface area (Å²) in [7, 11) is 0. The maximum Gasteiger partial charge on any atom is 0.319 e. The maximum absolute atomic E-state index is 12.0. The number of pyridine rings is 1. The van der Waals surface area contributed by atoms with Crippen LogP contribution in [0.25, 0.3) is 0 Å². The molecule has 0 aliphatic rings. The van der Waals surface area contributed by atoms with Crippen LogP contribution in [0.2, 0.25) is 5.02 Å². The summed E-state index contributed by atoms with van der Waals surface area (Å²) in [6.07, 6.45) is 1.66. The van der Waals surface area contributed by atoms with E-state index in [2.05, 4.69) is 15.6 Å². The van der Waals surface area contributed by atoms with Crippen molar-refractivity contribution < 1.29 is 9.53 Å². The third-order valence-electron chi connectivity index (χ3n) is 3.02. The molecule has 0 atom stereocenters. The molecule has 1 aromatic heterocycles. The summed E-state index contributed by atoms with van der Waals surface area (Å²) in [5, 5.41) is 6.13. The van der Waals surface area contributed by atoms with Crippen molar-refractivity contribution in [1.82, 2.24) is 10.3 Å². The Morgan fingerprint density at radius 2 is 2.18 bits per heavy atom. The van der Waals surface area contributed by atoms with Crippen LogP contribution in [0.15, 0.2) is 36.5 Å². The maximum atomic E-state index is 12.0. The van der Waals surface area contributed by atoms with Crippen LogP contribution in [0.3, 0.4) is 0 Å². The average Bonchev–Trinajstić information content (AvgIpc) is 2.50. The standard InChI is InChI=1S/C16H18ClN3O2/c1-3-22-15-12(5-4-8-18-15)10-19-16(21)20-14-9-13(17)7-6-11(14)2/h4-9H,3,10H2,1-2H3,(H2,19,20,21). The van der Waals surface area contributed by atoms with E-state index in [0.29, 0.717) is 29.7 Å². The molecule has 0 saturated heterocycles. The molecule has 22 heavy (non-hydrogen) atoms. The fraction of sp³-hybridized carbons (Fsp3) is 0.250. The molecule has 6 heteroatoms. The summed E-state index contributed by atoms with van der Waals surface area (Å²) in [5.74, 6) is 0.532. The Labute approximate surface area is 134 Å². The van der Waals surface area contributed by atoms with Crippen LogP contribution in [0.1, 0.15) is 18.1 Å². The van der Waals surface area contributed by atoms with Crippen molar-refractivity contribution in [3.63, 3.8) is 0 Å². The number of anilines is 1. The number of hydrogen-bond acceptors (Lipinski definition) is 3. The van der Waals surface area contributed by atoms with Crippen molar-refractivity contribution in [2.75, 3.05) is 11.9 Å². The van der Waals surface area contributed by atoms with E-state index in [1.54, 1.807) is 24.4 Å². The van der Waals surface area contributed by atoms with Crippen LogP contribution in [0, 0.1) is 6.92 Å². The van der Waals surface area contributed by atoms with Crippen LogP contribution >= 0.6 is 11.6 Å². The van der Waals surface area contributed by atoms with Crippen molar-refractivity contribution in [2.24, 2.45) is 0 Å². The van der Waals surface area contributed by atoms with Crippen LogP contribution in [-0.4, -0.2) is 17.6 Å². The number of aromatic nitrogens is 1. The molecule has 0 radical (unpaired) electrons. The third-order valence-corrected chi connectivity index (χ3v) is 3.25. The van der Waals surface area contributed by atoms with Crippen molar-refractivity contribution in [3.05, 3.63) is 52.7 Å². The molecule has 0 saturated carbocycles. The zero-order valence-electron chi connectivity index (χ0n) is 12.5. The van der Waals surface area contributed by atoms with Crippen molar-refractivity contribution in [2.45, 2.75) is 20.4 Å². The molecule has 0 unspecified atom stereocenters. The number of urea groups is 1. The Hall–Kier alpha value is -2.27. The molecule has 5 nitrogen and oxygen atoms in total. The fourth-order valence-electron chi connectivity index (χ4n) is 1.90. The van der Waals surface area contributed by atoms with Crippen LogP contribution in [0.4, 0.5) is 10.5 Å². The first-order valence-electron chi connectivity index (χ1n) is 6.98. The topological polar surface area (TPSA) is 63.2 Å². The zero-order valence-corrected chi connectivity index (χ0v) is 13.3. The van der Waals surface area contributed by atoms with Gasteiger partial charge in [0.05, 0.1) is 6.61 Å². The summed E-state index contributed by atoms with van der Waals surface area (Å²) < 4.78 is 5.42. The lowest BCUT2D eigenvalue weighted by Crippen LogP contribution is -2.28. The van der Waals surface area contributed by atoms with Crippen LogP contribution in [-0.2, 0) is 6.54 Å². The lowest BCUT2D eigenvalue weighted by Gasteiger charge is -2.12. The minimum Gasteiger partial charge on any atom is -0.478 e. The third kappa shape index (κ3) is 4.36. The van der Waals surface area contributed by atoms with Crippen LogP contribution < -0.4 is 15.4 Å². The molecule has 116 valence electrons. The van der Waals surface area contributed by atoms with Gasteiger partial charge in [0.2, 0.25) is 5.88 Å². The number of rotatable bonds is 5. The number of benzene rings is 1. The first kappa shape index (κ1) is 16.1. The van der Waals surface area contributed by atoms with Gasteiger partial charge in [-0.2, -0.15) is 0 Å². The van der Waals surface area contributed by atoms with E-state index >= 15 is 0 Å². The quantitative estimate of drug-likeness (QED) is 0.882. The van der Waals surface area contributed by atoms with Gasteiger partial charge in [0, 0.05) is 29.0 Å². The van der Waals surface area contributed by atoms with E-state index in [9.17, 15) is 4.79 Å². The molecule has 0 bridgehead atoms. The van der Waals surface area contributed by atoms with Crippen molar-refractivity contribution in [3.8, 4) is 5.88 Å². The number of carbonyl (C=O) groups excluding carboxylic acids is 1. The summed E-state index contributed by atoms with van der Waals surface area (Å²) in [6, 6.07) is 8.71. The number of carbonyl (C=O) groups is 1. The highest BCUT2D eigenvalue weighted by Crippen LogP contribution is 2.20. The zero-order chi connectivity index (χ0) is 15.9. The Morgan fingerprint density at radius 1 is 1.36 bits per heavy atom. The van der Waals surface area contributed by atoms with Gasteiger partial charge in [-0.25, -0.2) is 9.78 Å². The van der Waals surface area contributed by atoms with Crippen molar-refractivity contribution in [1.29, 1.82) is 0 Å². The van der Waals surface area contributed by atoms with E-state index in [4.69, 9.17) is 16.3 Å². The van der Waals surface area contributed by atoms with Gasteiger partial charge in [0.25, 0.3) is 0 Å². The largest absolute Gasteiger partial charge is 0.478 e. The highest BCUT2D eigenvalue weighted by molar-refractivity contribution is 6.31. The number of nitrogens with zero attached hydrogens (tertiary/aromatic N) is 1. The molecule has 2 rings (SSSR count). The van der Waals surface area contributed by atoms with Gasteiger partial charge in [-0.05, 0) is 37.6 Å². The molecule has 0 spiro atoms. The molecule has 2 amide bonds. The number of ether oxygens (including phenoxy) is 1. The number of aryl methyl sites for hydroxylation is 1. The highest BCUT2D eigenvalue weighted by Gasteiger charge is 2.08. The van der Waals surface area contributed by atoms with Gasteiger partial charge in [0.15, 0.2) is 0 Å². The first-order valence-corrected chi connectivity index (χ1v) is 7.35. The lowest BCUT2D eigenvalue weighted by molar-refractivity contribution is 0.251. The molecule has 2 aromatic rings. The van der Waals surface area contributed by atoms with E-state index < -0.39 is 0 Å². The molecule has 1 heterocycles. The number of nitrogens with one attached hydrogen (secondary N) is 2. The SMILES string of the molecule is CCOc1ncccc1CNC(=O)Nc1cc(Cl)ccc1C. The van der Waals surface area contributed by atoms with Gasteiger partial charge in [0.1, 0.15) is 0 Å². The number of halogens is 1. The van der Waals surface area contributed by atoms with Crippen molar-refractivity contribution >= 4 is 23.3 Å². The molecule has 1 aromatic carbocycles. The van der Waals surface area contributed by atoms with Gasteiger partial charge in [-0.15, -0.1) is 0 Å². The minimum atomic E-state index is -0.309. The molecular weight excluding hydrogens is 302 g/mol. The summed E-state index contributed by atoms with van der Waals surface area (Å²) in [4.78, 5) is 16.1. The van der Waals surface area contributed by atoms with E-state index in [0.717, 1.165) is 11.1 Å². The van der Waals surface area contributed by atoms with E-state index in [1.165, 1.54) is 0 Å². The minimum absolute atomic E-state index is 0.309. The number of hydrogen-bond donors (Lipinski definition) is 2. The predicted octanol–water partition coefficient (Wildman–Crippen LogP) is 3.76. The fourth-order valence-corrected chi connectivity index (χ4v) is 2.07. The van der Waals surface area contributed by atoms with Crippen LogP contribution in [0.5, 0.6) is 5.88 Å². The molecule has 0 aliphatic heterocycles. The first-order chi connectivity index (χ1) is 10.6. The predicted molar refractivity (Wildman–Crippen MR) is 87.5 cm³/mol. The summed E-state index contributed by atoms with van der Waals surface area (Å²) in [5.41, 5.74) is 2.44. The molecule has 0 fully saturated rings. The van der Waals surface area contributed by atoms with Gasteiger partial charge in [-0.3, -0.25) is 0 Å². The second-order valence-corrected chi connectivity index (χ2v) is 5.10. The molecular formula is C16H18ClN3O2. The molecule has 2 N–H and O–H groups in total. The van der Waals surface area contributed by atoms with Gasteiger partial charge >= 0.3 is 6.03 Å². The smallest absolute Gasteiger partial charge is 0.319 e. The van der Waals surface area contributed by atoms with E-state index in [1.807, 2.05) is 26.0 Å². The normalized spacial score (nSPS) is 10.1. The molecule has 0 aliphatic carbocycles. The lowest BCUT2D eigenvalue weighted by atomic mass is 10.2. The Kier molecular flexibility index (Phi) is 5.61. The summed E-state index contributed by atoms with van der Waals surface area (Å²) in [6.45, 7) is 4.65. The second-order valence-electron chi connectivity index (χ2n) is 4.67. The summed E-state index contributed by atoms with van der Waals surface area (Å²) >= 11 is 5.93. The Morgan fingerprint density at radius 3 is 2.95 bits per heavy atom. The second kappa shape index (κ2) is 7.66. The Balaban J connectivity index is 1.97. The number of amides is 2. The average molecular weight is 320 g/mol. The van der Waals surface area contributed by atoms with E-state index in [-0.39, 0.29) is 6.03 Å². The van der Waals surface area contributed by atoms with Gasteiger partial charge < -0.3 is 15.4 Å².